The van der Waals surface area contributed by atoms with Crippen LogP contribution in [0.2, 0.25) is 5.02 Å². The summed E-state index contributed by atoms with van der Waals surface area (Å²) in [6.07, 6.45) is 2.19. The smallest absolute Gasteiger partial charge is 0.124 e. The molecule has 0 bridgehead atoms. The molecule has 102 valence electrons. The van der Waals surface area contributed by atoms with Crippen molar-refractivity contribution < 1.29 is 4.74 Å². The zero-order valence-corrected chi connectivity index (χ0v) is 12.3. The Hall–Kier alpha value is -0.770. The van der Waals surface area contributed by atoms with Gasteiger partial charge in [0.25, 0.3) is 0 Å². The van der Waals surface area contributed by atoms with Crippen molar-refractivity contribution in [1.29, 1.82) is 0 Å². The number of aromatic nitrogens is 2. The van der Waals surface area contributed by atoms with E-state index in [0.29, 0.717) is 10.9 Å². The van der Waals surface area contributed by atoms with E-state index in [4.69, 9.17) is 27.9 Å². The number of nitrogens with zero attached hydrogens (tertiary/aromatic N) is 2. The van der Waals surface area contributed by atoms with Gasteiger partial charge in [0.15, 0.2) is 0 Å². The minimum absolute atomic E-state index is 0.117. The Kier molecular flexibility index (Phi) is 3.46. The highest BCUT2D eigenvalue weighted by Gasteiger charge is 2.31. The first-order chi connectivity index (χ1) is 9.11. The SMILES string of the molecule is CC1(Cn2c(CCl)nc3cc(Cl)ccc32)CCCO1. The molecular weight excluding hydrogens is 283 g/mol. The molecule has 1 fully saturated rings. The molecule has 1 saturated heterocycles. The number of rotatable bonds is 3. The Morgan fingerprint density at radius 3 is 3.00 bits per heavy atom. The monoisotopic (exact) mass is 298 g/mol. The summed E-state index contributed by atoms with van der Waals surface area (Å²) in [5.74, 6) is 1.26. The van der Waals surface area contributed by atoms with Crippen molar-refractivity contribution in [2.45, 2.75) is 37.8 Å². The van der Waals surface area contributed by atoms with E-state index < -0.39 is 0 Å². The lowest BCUT2D eigenvalue weighted by Gasteiger charge is -2.24. The van der Waals surface area contributed by atoms with Crippen LogP contribution in [0.3, 0.4) is 0 Å². The van der Waals surface area contributed by atoms with Gasteiger partial charge in [0.05, 0.1) is 29.1 Å². The van der Waals surface area contributed by atoms with Crippen LogP contribution in [-0.2, 0) is 17.2 Å². The lowest BCUT2D eigenvalue weighted by Crippen LogP contribution is -2.30. The molecule has 2 heterocycles. The molecule has 2 aromatic rings. The first-order valence-electron chi connectivity index (χ1n) is 6.46. The molecule has 3 rings (SSSR count). The van der Waals surface area contributed by atoms with Gasteiger partial charge in [0.1, 0.15) is 5.82 Å². The Bertz CT molecular complexity index is 603. The topological polar surface area (TPSA) is 27.1 Å². The van der Waals surface area contributed by atoms with Crippen LogP contribution in [-0.4, -0.2) is 21.8 Å². The van der Waals surface area contributed by atoms with E-state index in [2.05, 4.69) is 16.5 Å². The minimum atomic E-state index is -0.117. The minimum Gasteiger partial charge on any atom is -0.373 e. The standard InChI is InChI=1S/C14H16Cl2N2O/c1-14(5-2-6-19-14)9-18-12-4-3-10(16)7-11(12)17-13(18)8-15/h3-4,7H,2,5-6,8-9H2,1H3. The van der Waals surface area contributed by atoms with Crippen molar-refractivity contribution >= 4 is 34.2 Å². The second-order valence-electron chi connectivity index (χ2n) is 5.28. The second-order valence-corrected chi connectivity index (χ2v) is 5.99. The van der Waals surface area contributed by atoms with Gasteiger partial charge in [-0.05, 0) is 38.0 Å². The average Bonchev–Trinajstić information content (AvgIpc) is 2.94. The van der Waals surface area contributed by atoms with Crippen molar-refractivity contribution in [3.05, 3.63) is 29.0 Å². The van der Waals surface area contributed by atoms with Gasteiger partial charge < -0.3 is 9.30 Å². The normalized spacial score (nSPS) is 23.3. The summed E-state index contributed by atoms with van der Waals surface area (Å²) >= 11 is 12.0. The highest BCUT2D eigenvalue weighted by Crippen LogP contribution is 2.30. The van der Waals surface area contributed by atoms with E-state index in [1.165, 1.54) is 0 Å². The quantitative estimate of drug-likeness (QED) is 0.801. The van der Waals surface area contributed by atoms with Gasteiger partial charge in [-0.2, -0.15) is 0 Å². The predicted octanol–water partition coefficient (Wildman–Crippen LogP) is 4.00. The molecule has 0 aliphatic carbocycles. The molecule has 3 nitrogen and oxygen atoms in total. The van der Waals surface area contributed by atoms with Gasteiger partial charge in [-0.25, -0.2) is 4.98 Å². The summed E-state index contributed by atoms with van der Waals surface area (Å²) in [4.78, 5) is 4.56. The predicted molar refractivity (Wildman–Crippen MR) is 77.9 cm³/mol. The van der Waals surface area contributed by atoms with E-state index >= 15 is 0 Å². The fourth-order valence-corrected chi connectivity index (χ4v) is 3.10. The van der Waals surface area contributed by atoms with Gasteiger partial charge >= 0.3 is 0 Å². The molecule has 5 heteroatoms. The average molecular weight is 299 g/mol. The van der Waals surface area contributed by atoms with Crippen LogP contribution in [0.15, 0.2) is 18.2 Å². The van der Waals surface area contributed by atoms with Crippen molar-refractivity contribution in [3.8, 4) is 0 Å². The number of fused-ring (bicyclic) bond motifs is 1. The lowest BCUT2D eigenvalue weighted by atomic mass is 10.0. The molecule has 0 spiro atoms. The fraction of sp³-hybridized carbons (Fsp3) is 0.500. The van der Waals surface area contributed by atoms with Crippen LogP contribution >= 0.6 is 23.2 Å². The fourth-order valence-electron chi connectivity index (χ4n) is 2.73. The molecule has 1 aromatic carbocycles. The maximum absolute atomic E-state index is 6.02. The molecule has 1 aromatic heterocycles. The summed E-state index contributed by atoms with van der Waals surface area (Å²) in [5.41, 5.74) is 1.84. The number of benzene rings is 1. The van der Waals surface area contributed by atoms with Crippen LogP contribution < -0.4 is 0 Å². The summed E-state index contributed by atoms with van der Waals surface area (Å²) < 4.78 is 8.02. The van der Waals surface area contributed by atoms with Gasteiger partial charge in [-0.1, -0.05) is 11.6 Å². The second kappa shape index (κ2) is 4.97. The molecule has 0 amide bonds. The van der Waals surface area contributed by atoms with E-state index in [1.54, 1.807) is 0 Å². The zero-order chi connectivity index (χ0) is 13.5. The first kappa shape index (κ1) is 13.2. The van der Waals surface area contributed by atoms with Crippen LogP contribution in [0.1, 0.15) is 25.6 Å². The molecule has 0 N–H and O–H groups in total. The molecule has 19 heavy (non-hydrogen) atoms. The molecule has 1 aliphatic heterocycles. The highest BCUT2D eigenvalue weighted by molar-refractivity contribution is 6.31. The van der Waals surface area contributed by atoms with E-state index in [1.807, 2.05) is 18.2 Å². The third-order valence-electron chi connectivity index (χ3n) is 3.70. The van der Waals surface area contributed by atoms with Crippen LogP contribution in [0, 0.1) is 0 Å². The lowest BCUT2D eigenvalue weighted by molar-refractivity contribution is 0.00661. The Labute approximate surface area is 122 Å². The Morgan fingerprint density at radius 1 is 1.47 bits per heavy atom. The van der Waals surface area contributed by atoms with Crippen LogP contribution in [0.25, 0.3) is 11.0 Å². The molecule has 1 unspecified atom stereocenters. The van der Waals surface area contributed by atoms with E-state index in [-0.39, 0.29) is 5.60 Å². The largest absolute Gasteiger partial charge is 0.373 e. The van der Waals surface area contributed by atoms with Crippen molar-refractivity contribution in [2.75, 3.05) is 6.61 Å². The van der Waals surface area contributed by atoms with Gasteiger partial charge in [0, 0.05) is 11.6 Å². The number of halogens is 2. The summed E-state index contributed by atoms with van der Waals surface area (Å²) in [6.45, 7) is 3.78. The number of ether oxygens (including phenoxy) is 1. The number of imidazole rings is 1. The van der Waals surface area contributed by atoms with Crippen LogP contribution in [0.4, 0.5) is 0 Å². The maximum Gasteiger partial charge on any atom is 0.124 e. The molecule has 0 radical (unpaired) electrons. The first-order valence-corrected chi connectivity index (χ1v) is 7.37. The third kappa shape index (κ3) is 2.47. The van der Waals surface area contributed by atoms with Crippen molar-refractivity contribution in [1.82, 2.24) is 9.55 Å². The van der Waals surface area contributed by atoms with Gasteiger partial charge in [-0.3, -0.25) is 0 Å². The van der Waals surface area contributed by atoms with Crippen LogP contribution in [0.5, 0.6) is 0 Å². The van der Waals surface area contributed by atoms with Crippen molar-refractivity contribution in [2.24, 2.45) is 0 Å². The summed E-state index contributed by atoms with van der Waals surface area (Å²) in [6, 6.07) is 5.76. The summed E-state index contributed by atoms with van der Waals surface area (Å²) in [5, 5.41) is 0.696. The molecule has 1 atom stereocenters. The Balaban J connectivity index is 2.05. The van der Waals surface area contributed by atoms with Gasteiger partial charge in [-0.15, -0.1) is 11.6 Å². The molecular formula is C14H16Cl2N2O. The van der Waals surface area contributed by atoms with E-state index in [0.717, 1.165) is 42.9 Å². The van der Waals surface area contributed by atoms with Gasteiger partial charge in [0.2, 0.25) is 0 Å². The zero-order valence-electron chi connectivity index (χ0n) is 10.8. The number of alkyl halides is 1. The molecule has 1 aliphatic rings. The van der Waals surface area contributed by atoms with Crippen molar-refractivity contribution in [3.63, 3.8) is 0 Å². The van der Waals surface area contributed by atoms with E-state index in [9.17, 15) is 0 Å². The maximum atomic E-state index is 6.02. The number of hydrogen-bond donors (Lipinski definition) is 0. The molecule has 0 saturated carbocycles. The highest BCUT2D eigenvalue weighted by atomic mass is 35.5. The number of hydrogen-bond acceptors (Lipinski definition) is 2. The Morgan fingerprint density at radius 2 is 2.32 bits per heavy atom. The summed E-state index contributed by atoms with van der Waals surface area (Å²) in [7, 11) is 0. The third-order valence-corrected chi connectivity index (χ3v) is 4.18.